The number of hydrogen-bond donors (Lipinski definition) is 1. The van der Waals surface area contributed by atoms with Gasteiger partial charge in [-0.15, -0.1) is 0 Å². The van der Waals surface area contributed by atoms with Crippen LogP contribution in [0, 0.1) is 19.3 Å². The van der Waals surface area contributed by atoms with Gasteiger partial charge in [-0.2, -0.15) is 0 Å². The zero-order chi connectivity index (χ0) is 17.6. The van der Waals surface area contributed by atoms with Crippen LogP contribution in [-0.4, -0.2) is 53.0 Å². The topological polar surface area (TPSA) is 75.4 Å². The minimum Gasteiger partial charge on any atom is -0.355 e. The van der Waals surface area contributed by atoms with E-state index >= 15 is 0 Å². The lowest BCUT2D eigenvalue weighted by Crippen LogP contribution is -2.37. The minimum atomic E-state index is -0.0503. The van der Waals surface area contributed by atoms with Crippen molar-refractivity contribution in [2.75, 3.05) is 31.1 Å². The first-order chi connectivity index (χ1) is 12.0. The van der Waals surface area contributed by atoms with E-state index < -0.39 is 0 Å². The third-order valence-electron chi connectivity index (χ3n) is 5.89. The van der Waals surface area contributed by atoms with Gasteiger partial charge in [-0.1, -0.05) is 12.2 Å². The van der Waals surface area contributed by atoms with E-state index in [0.717, 1.165) is 49.6 Å². The molecule has 0 aromatic carbocycles. The second-order valence-electron chi connectivity index (χ2n) is 7.94. The quantitative estimate of drug-likeness (QED) is 0.831. The first-order valence-electron chi connectivity index (χ1n) is 9.27. The first kappa shape index (κ1) is 16.5. The summed E-state index contributed by atoms with van der Waals surface area (Å²) in [6, 6.07) is 0.180. The molecule has 134 valence electrons. The van der Waals surface area contributed by atoms with Crippen LogP contribution in [0.2, 0.25) is 0 Å². The van der Waals surface area contributed by atoms with Crippen molar-refractivity contribution in [2.24, 2.45) is 11.1 Å². The number of carbonyl (C=O) groups is 1. The van der Waals surface area contributed by atoms with Gasteiger partial charge in [0.2, 0.25) is 5.82 Å². The Balaban J connectivity index is 1.62. The molecule has 0 unspecified atom stereocenters. The predicted octanol–water partition coefficient (Wildman–Crippen LogP) is 1.81. The normalized spacial score (nSPS) is 24.7. The Labute approximate surface area is 149 Å². The molecule has 2 fully saturated rings. The van der Waals surface area contributed by atoms with E-state index in [9.17, 15) is 4.79 Å². The van der Waals surface area contributed by atoms with Crippen molar-refractivity contribution in [1.82, 2.24) is 14.9 Å². The molecule has 1 saturated carbocycles. The largest absolute Gasteiger partial charge is 0.355 e. The maximum atomic E-state index is 13.1. The number of amides is 1. The number of carbonyl (C=O) groups excluding carboxylic acids is 1. The maximum Gasteiger partial charge on any atom is 0.292 e. The van der Waals surface area contributed by atoms with Crippen molar-refractivity contribution in [3.8, 4) is 0 Å². The summed E-state index contributed by atoms with van der Waals surface area (Å²) in [5.41, 5.74) is 8.28. The molecule has 3 heterocycles. The van der Waals surface area contributed by atoms with E-state index in [1.807, 2.05) is 18.7 Å². The van der Waals surface area contributed by atoms with Crippen LogP contribution in [0.4, 0.5) is 5.82 Å². The number of anilines is 1. The molecule has 1 aliphatic carbocycles. The van der Waals surface area contributed by atoms with Crippen LogP contribution in [0.25, 0.3) is 0 Å². The molecule has 4 rings (SSSR count). The van der Waals surface area contributed by atoms with Gasteiger partial charge >= 0.3 is 0 Å². The van der Waals surface area contributed by atoms with Crippen molar-refractivity contribution < 1.29 is 4.79 Å². The third-order valence-corrected chi connectivity index (χ3v) is 5.89. The Morgan fingerprint density at radius 3 is 2.76 bits per heavy atom. The summed E-state index contributed by atoms with van der Waals surface area (Å²) in [5.74, 6) is 1.14. The van der Waals surface area contributed by atoms with E-state index in [1.54, 1.807) is 0 Å². The van der Waals surface area contributed by atoms with Gasteiger partial charge in [0.05, 0.1) is 0 Å². The summed E-state index contributed by atoms with van der Waals surface area (Å²) in [6.07, 6.45) is 8.80. The van der Waals surface area contributed by atoms with Crippen LogP contribution in [0.3, 0.4) is 0 Å². The second-order valence-corrected chi connectivity index (χ2v) is 7.94. The molecule has 2 N–H and O–H groups in total. The number of allylic oxidation sites excluding steroid dienone is 1. The molecule has 6 nitrogen and oxygen atoms in total. The van der Waals surface area contributed by atoms with Gasteiger partial charge in [0.1, 0.15) is 5.82 Å². The fourth-order valence-electron chi connectivity index (χ4n) is 3.90. The Hall–Kier alpha value is -1.95. The zero-order valence-electron chi connectivity index (χ0n) is 15.2. The van der Waals surface area contributed by atoms with Crippen molar-refractivity contribution in [1.29, 1.82) is 0 Å². The predicted molar refractivity (Wildman–Crippen MR) is 97.6 cm³/mol. The average Bonchev–Trinajstić information content (AvgIpc) is 3.29. The van der Waals surface area contributed by atoms with Gasteiger partial charge in [0, 0.05) is 43.5 Å². The molecule has 1 aromatic rings. The molecule has 3 aliphatic rings. The molecular formula is C19H27N5O. The van der Waals surface area contributed by atoms with Crippen LogP contribution in [0.5, 0.6) is 0 Å². The highest BCUT2D eigenvalue weighted by Crippen LogP contribution is 2.50. The van der Waals surface area contributed by atoms with Crippen LogP contribution >= 0.6 is 0 Å². The fraction of sp³-hybridized carbons (Fsp3) is 0.632. The van der Waals surface area contributed by atoms with Crippen molar-refractivity contribution >= 4 is 11.7 Å². The lowest BCUT2D eigenvalue weighted by atomic mass is 10.0. The molecule has 1 spiro atoms. The van der Waals surface area contributed by atoms with Gasteiger partial charge in [0.25, 0.3) is 5.91 Å². The summed E-state index contributed by atoms with van der Waals surface area (Å²) in [7, 11) is 0. The van der Waals surface area contributed by atoms with E-state index in [1.165, 1.54) is 12.8 Å². The van der Waals surface area contributed by atoms with Gasteiger partial charge in [-0.3, -0.25) is 4.79 Å². The Morgan fingerprint density at radius 2 is 2.08 bits per heavy atom. The molecule has 0 radical (unpaired) electrons. The standard InChI is InChI=1S/C19H27N5O/c1-13-14(2)21-16(22-17(13)23-10-5-15(20)11-23)18(25)24-9-4-3-6-19(12-24)7-8-19/h3-4,15H,5-12,20H2,1-2H3/t15-/m1/s1. The molecule has 1 saturated heterocycles. The van der Waals surface area contributed by atoms with Gasteiger partial charge in [-0.25, -0.2) is 9.97 Å². The Bertz CT molecular complexity index is 725. The van der Waals surface area contributed by atoms with E-state index in [0.29, 0.717) is 17.8 Å². The molecular weight excluding hydrogens is 314 g/mol. The summed E-state index contributed by atoms with van der Waals surface area (Å²) in [4.78, 5) is 26.4. The summed E-state index contributed by atoms with van der Waals surface area (Å²) < 4.78 is 0. The molecule has 1 aromatic heterocycles. The number of hydrogen-bond acceptors (Lipinski definition) is 5. The lowest BCUT2D eigenvalue weighted by Gasteiger charge is -2.25. The molecule has 25 heavy (non-hydrogen) atoms. The highest BCUT2D eigenvalue weighted by atomic mass is 16.2. The van der Waals surface area contributed by atoms with Crippen LogP contribution in [0.1, 0.15) is 47.6 Å². The number of nitrogens with zero attached hydrogens (tertiary/aromatic N) is 4. The fourth-order valence-corrected chi connectivity index (χ4v) is 3.90. The monoisotopic (exact) mass is 341 g/mol. The van der Waals surface area contributed by atoms with Crippen LogP contribution < -0.4 is 10.6 Å². The Kier molecular flexibility index (Phi) is 4.02. The van der Waals surface area contributed by atoms with Crippen LogP contribution in [0.15, 0.2) is 12.2 Å². The van der Waals surface area contributed by atoms with Crippen molar-refractivity contribution in [2.45, 2.75) is 45.6 Å². The number of nitrogens with two attached hydrogens (primary N) is 1. The zero-order valence-corrected chi connectivity index (χ0v) is 15.2. The van der Waals surface area contributed by atoms with E-state index in [4.69, 9.17) is 5.73 Å². The number of rotatable bonds is 2. The molecule has 1 amide bonds. The smallest absolute Gasteiger partial charge is 0.292 e. The summed E-state index contributed by atoms with van der Waals surface area (Å²) in [6.45, 7) is 7.14. The maximum absolute atomic E-state index is 13.1. The molecule has 6 heteroatoms. The SMILES string of the molecule is Cc1nc(C(=O)N2CC=CCC3(CC3)C2)nc(N2CC[C@@H](N)C2)c1C. The summed E-state index contributed by atoms with van der Waals surface area (Å²) >= 11 is 0. The highest BCUT2D eigenvalue weighted by molar-refractivity contribution is 5.91. The van der Waals surface area contributed by atoms with Crippen molar-refractivity contribution in [3.05, 3.63) is 29.2 Å². The van der Waals surface area contributed by atoms with Gasteiger partial charge in [-0.05, 0) is 44.9 Å². The van der Waals surface area contributed by atoms with Gasteiger partial charge < -0.3 is 15.5 Å². The highest BCUT2D eigenvalue weighted by Gasteiger charge is 2.44. The van der Waals surface area contributed by atoms with E-state index in [-0.39, 0.29) is 11.9 Å². The lowest BCUT2D eigenvalue weighted by molar-refractivity contribution is 0.0732. The summed E-state index contributed by atoms with van der Waals surface area (Å²) in [5, 5.41) is 0. The second kappa shape index (κ2) is 6.09. The Morgan fingerprint density at radius 1 is 1.28 bits per heavy atom. The number of aryl methyl sites for hydroxylation is 1. The van der Waals surface area contributed by atoms with Crippen LogP contribution in [-0.2, 0) is 0 Å². The molecule has 0 bridgehead atoms. The van der Waals surface area contributed by atoms with Crippen molar-refractivity contribution in [3.63, 3.8) is 0 Å². The molecule has 1 atom stereocenters. The first-order valence-corrected chi connectivity index (χ1v) is 9.27. The van der Waals surface area contributed by atoms with E-state index in [2.05, 4.69) is 27.0 Å². The third kappa shape index (κ3) is 3.15. The average molecular weight is 341 g/mol. The van der Waals surface area contributed by atoms with Gasteiger partial charge in [0.15, 0.2) is 0 Å². The minimum absolute atomic E-state index is 0.0503. The molecule has 2 aliphatic heterocycles. The number of aromatic nitrogens is 2.